The third-order valence-electron chi connectivity index (χ3n) is 3.59. The predicted molar refractivity (Wildman–Crippen MR) is 98.0 cm³/mol. The average Bonchev–Trinajstić information content (AvgIpc) is 2.49. The standard InChI is InChI=1S/C20H21ClO2/c1-12(2)22-19-15-7-5-6-8-16(15)20(23-13(3)4)18-11-14(21)9-10-17(18)19/h5-13H,1-4H3. The van der Waals surface area contributed by atoms with Crippen molar-refractivity contribution in [3.05, 3.63) is 47.5 Å². The molecule has 0 aliphatic heterocycles. The highest BCUT2D eigenvalue weighted by atomic mass is 35.5. The summed E-state index contributed by atoms with van der Waals surface area (Å²) >= 11 is 6.24. The number of benzene rings is 3. The molecule has 0 amide bonds. The van der Waals surface area contributed by atoms with E-state index in [1.54, 1.807) is 0 Å². The third kappa shape index (κ3) is 3.09. The Morgan fingerprint density at radius 3 is 1.70 bits per heavy atom. The molecule has 0 saturated heterocycles. The van der Waals surface area contributed by atoms with Crippen LogP contribution >= 0.6 is 11.6 Å². The first-order chi connectivity index (χ1) is 11.0. The molecular weight excluding hydrogens is 308 g/mol. The van der Waals surface area contributed by atoms with E-state index in [0.717, 1.165) is 33.0 Å². The van der Waals surface area contributed by atoms with Crippen LogP contribution in [0.3, 0.4) is 0 Å². The molecule has 0 spiro atoms. The van der Waals surface area contributed by atoms with Gasteiger partial charge in [0.1, 0.15) is 11.5 Å². The molecule has 3 aromatic rings. The Morgan fingerprint density at radius 1 is 0.696 bits per heavy atom. The smallest absolute Gasteiger partial charge is 0.135 e. The second-order valence-electron chi connectivity index (χ2n) is 6.23. The average molecular weight is 329 g/mol. The molecule has 0 radical (unpaired) electrons. The number of hydrogen-bond donors (Lipinski definition) is 0. The Kier molecular flexibility index (Phi) is 4.36. The molecule has 0 fully saturated rings. The Bertz CT molecular complexity index is 853. The maximum atomic E-state index is 6.24. The lowest BCUT2D eigenvalue weighted by atomic mass is 10.0. The van der Waals surface area contributed by atoms with Crippen LogP contribution in [0.4, 0.5) is 0 Å². The van der Waals surface area contributed by atoms with Crippen molar-refractivity contribution in [2.45, 2.75) is 39.9 Å². The molecule has 2 nitrogen and oxygen atoms in total. The van der Waals surface area contributed by atoms with Crippen molar-refractivity contribution >= 4 is 33.1 Å². The molecule has 0 atom stereocenters. The summed E-state index contributed by atoms with van der Waals surface area (Å²) in [5, 5.41) is 4.81. The molecule has 0 heterocycles. The second kappa shape index (κ2) is 6.29. The van der Waals surface area contributed by atoms with Crippen LogP contribution < -0.4 is 9.47 Å². The van der Waals surface area contributed by atoms with E-state index in [0.29, 0.717) is 5.02 Å². The lowest BCUT2D eigenvalue weighted by molar-refractivity contribution is 0.244. The van der Waals surface area contributed by atoms with Crippen molar-refractivity contribution in [2.75, 3.05) is 0 Å². The molecule has 3 aromatic carbocycles. The van der Waals surface area contributed by atoms with Crippen molar-refractivity contribution in [1.82, 2.24) is 0 Å². The summed E-state index contributed by atoms with van der Waals surface area (Å²) in [7, 11) is 0. The fourth-order valence-electron chi connectivity index (χ4n) is 2.80. The quantitative estimate of drug-likeness (QED) is 0.529. The van der Waals surface area contributed by atoms with Gasteiger partial charge in [0.15, 0.2) is 0 Å². The zero-order chi connectivity index (χ0) is 16.6. The highest BCUT2D eigenvalue weighted by Gasteiger charge is 2.17. The van der Waals surface area contributed by atoms with Crippen LogP contribution in [0.15, 0.2) is 42.5 Å². The van der Waals surface area contributed by atoms with Gasteiger partial charge in [-0.05, 0) is 45.9 Å². The van der Waals surface area contributed by atoms with Crippen molar-refractivity contribution in [1.29, 1.82) is 0 Å². The normalized spacial score (nSPS) is 11.6. The Hall–Kier alpha value is -1.93. The molecule has 3 heteroatoms. The maximum Gasteiger partial charge on any atom is 0.135 e. The van der Waals surface area contributed by atoms with Crippen LogP contribution in [0.5, 0.6) is 11.5 Å². The molecule has 3 rings (SSSR count). The van der Waals surface area contributed by atoms with Gasteiger partial charge in [0.05, 0.1) is 12.2 Å². The summed E-state index contributed by atoms with van der Waals surface area (Å²) in [4.78, 5) is 0. The minimum absolute atomic E-state index is 0.0810. The number of halogens is 1. The van der Waals surface area contributed by atoms with Crippen LogP contribution in [0.2, 0.25) is 5.02 Å². The minimum atomic E-state index is 0.0810. The van der Waals surface area contributed by atoms with E-state index in [-0.39, 0.29) is 12.2 Å². The van der Waals surface area contributed by atoms with Crippen molar-refractivity contribution in [2.24, 2.45) is 0 Å². The van der Waals surface area contributed by atoms with Gasteiger partial charge in [0.2, 0.25) is 0 Å². The molecule has 0 saturated carbocycles. The first kappa shape index (κ1) is 15.9. The van der Waals surface area contributed by atoms with Crippen molar-refractivity contribution < 1.29 is 9.47 Å². The summed E-state index contributed by atoms with van der Waals surface area (Å²) < 4.78 is 12.3. The van der Waals surface area contributed by atoms with Crippen LogP contribution in [0.25, 0.3) is 21.5 Å². The fraction of sp³-hybridized carbons (Fsp3) is 0.300. The zero-order valence-corrected chi connectivity index (χ0v) is 14.6. The minimum Gasteiger partial charge on any atom is -0.490 e. The highest BCUT2D eigenvalue weighted by Crippen LogP contribution is 2.44. The summed E-state index contributed by atoms with van der Waals surface area (Å²) in [6, 6.07) is 14.0. The van der Waals surface area contributed by atoms with E-state index in [4.69, 9.17) is 21.1 Å². The Labute approximate surface area is 142 Å². The van der Waals surface area contributed by atoms with Gasteiger partial charge >= 0.3 is 0 Å². The first-order valence-corrected chi connectivity index (χ1v) is 8.32. The molecule has 0 unspecified atom stereocenters. The third-order valence-corrected chi connectivity index (χ3v) is 3.83. The predicted octanol–water partition coefficient (Wildman–Crippen LogP) is 6.22. The molecular formula is C20H21ClO2. The first-order valence-electron chi connectivity index (χ1n) is 7.94. The number of fused-ring (bicyclic) bond motifs is 2. The molecule has 0 aliphatic carbocycles. The number of rotatable bonds is 4. The van der Waals surface area contributed by atoms with Crippen LogP contribution in [-0.2, 0) is 0 Å². The van der Waals surface area contributed by atoms with Gasteiger partial charge in [-0.25, -0.2) is 0 Å². The van der Waals surface area contributed by atoms with Gasteiger partial charge in [-0.2, -0.15) is 0 Å². The molecule has 0 N–H and O–H groups in total. The topological polar surface area (TPSA) is 18.5 Å². The molecule has 0 aromatic heterocycles. The van der Waals surface area contributed by atoms with Crippen LogP contribution in [-0.4, -0.2) is 12.2 Å². The monoisotopic (exact) mass is 328 g/mol. The molecule has 0 bridgehead atoms. The fourth-order valence-corrected chi connectivity index (χ4v) is 2.97. The number of hydrogen-bond acceptors (Lipinski definition) is 2. The van der Waals surface area contributed by atoms with Crippen LogP contribution in [0.1, 0.15) is 27.7 Å². The van der Waals surface area contributed by atoms with E-state index in [9.17, 15) is 0 Å². The summed E-state index contributed by atoms with van der Waals surface area (Å²) in [5.41, 5.74) is 0. The molecule has 0 aliphatic rings. The SMILES string of the molecule is CC(C)Oc1c2ccccc2c(OC(C)C)c2cc(Cl)ccc12. The van der Waals surface area contributed by atoms with Crippen LogP contribution in [0, 0.1) is 0 Å². The Balaban J connectivity index is 2.45. The Morgan fingerprint density at radius 2 is 1.17 bits per heavy atom. The van der Waals surface area contributed by atoms with E-state index in [1.165, 1.54) is 0 Å². The molecule has 23 heavy (non-hydrogen) atoms. The summed E-state index contributed by atoms with van der Waals surface area (Å²) in [5.74, 6) is 1.75. The lowest BCUT2D eigenvalue weighted by Gasteiger charge is -2.20. The summed E-state index contributed by atoms with van der Waals surface area (Å²) in [6.07, 6.45) is 0.173. The van der Waals surface area contributed by atoms with Gasteiger partial charge in [-0.3, -0.25) is 0 Å². The van der Waals surface area contributed by atoms with Gasteiger partial charge in [0, 0.05) is 26.6 Å². The van der Waals surface area contributed by atoms with Crippen molar-refractivity contribution in [3.63, 3.8) is 0 Å². The zero-order valence-electron chi connectivity index (χ0n) is 13.9. The highest BCUT2D eigenvalue weighted by molar-refractivity contribution is 6.31. The van der Waals surface area contributed by atoms with Crippen molar-refractivity contribution in [3.8, 4) is 11.5 Å². The van der Waals surface area contributed by atoms with Gasteiger partial charge in [-0.15, -0.1) is 0 Å². The van der Waals surface area contributed by atoms with E-state index in [2.05, 4.69) is 12.1 Å². The largest absolute Gasteiger partial charge is 0.490 e. The summed E-state index contributed by atoms with van der Waals surface area (Å²) in [6.45, 7) is 8.14. The second-order valence-corrected chi connectivity index (χ2v) is 6.66. The van der Waals surface area contributed by atoms with E-state index >= 15 is 0 Å². The molecule has 120 valence electrons. The van der Waals surface area contributed by atoms with Gasteiger partial charge in [0.25, 0.3) is 0 Å². The number of ether oxygens (including phenoxy) is 2. The lowest BCUT2D eigenvalue weighted by Crippen LogP contribution is -2.09. The maximum absolute atomic E-state index is 6.24. The van der Waals surface area contributed by atoms with E-state index in [1.807, 2.05) is 58.0 Å². The van der Waals surface area contributed by atoms with E-state index < -0.39 is 0 Å². The van der Waals surface area contributed by atoms with Gasteiger partial charge < -0.3 is 9.47 Å². The van der Waals surface area contributed by atoms with Gasteiger partial charge in [-0.1, -0.05) is 35.9 Å².